The van der Waals surface area contributed by atoms with Gasteiger partial charge in [0, 0.05) is 34.3 Å². The smallest absolute Gasteiger partial charge is 0.289 e. The fraction of sp³-hybridized carbons (Fsp3) is 0.227. The molecule has 0 unspecified atom stereocenters. The third-order valence-corrected chi connectivity index (χ3v) is 5.03. The monoisotopic (exact) mass is 428 g/mol. The molecule has 1 heterocycles. The van der Waals surface area contributed by atoms with Crippen molar-refractivity contribution in [3.63, 3.8) is 0 Å². The number of anilines is 1. The predicted molar refractivity (Wildman–Crippen MR) is 117 cm³/mol. The van der Waals surface area contributed by atoms with Crippen molar-refractivity contribution in [1.82, 2.24) is 0 Å². The maximum Gasteiger partial charge on any atom is 0.289 e. The second kappa shape index (κ2) is 8.59. The molecular formula is C22H21ClN2O5. The van der Waals surface area contributed by atoms with E-state index in [1.54, 1.807) is 6.26 Å². The quantitative estimate of drug-likeness (QED) is 0.293. The molecule has 0 aliphatic carbocycles. The first-order chi connectivity index (χ1) is 14.2. The zero-order valence-electron chi connectivity index (χ0n) is 17.0. The molecule has 0 spiro atoms. The van der Waals surface area contributed by atoms with Crippen molar-refractivity contribution in [3.05, 3.63) is 68.4 Å². The highest BCUT2D eigenvalue weighted by atomic mass is 35.5. The SMILES string of the molecule is CCOc1c(/C(C)=C/C(=O)Nc2ccc(Cl)c([N+](=O)[O-])c2)cc2c(C)coc2c1C. The van der Waals surface area contributed by atoms with Gasteiger partial charge in [-0.05, 0) is 57.0 Å². The molecule has 0 saturated heterocycles. The van der Waals surface area contributed by atoms with Gasteiger partial charge in [-0.15, -0.1) is 0 Å². The van der Waals surface area contributed by atoms with E-state index < -0.39 is 10.8 Å². The fourth-order valence-corrected chi connectivity index (χ4v) is 3.43. The van der Waals surface area contributed by atoms with Gasteiger partial charge in [0.2, 0.25) is 5.91 Å². The van der Waals surface area contributed by atoms with Gasteiger partial charge >= 0.3 is 0 Å². The summed E-state index contributed by atoms with van der Waals surface area (Å²) in [5.41, 5.74) is 4.08. The van der Waals surface area contributed by atoms with Crippen LogP contribution in [0.3, 0.4) is 0 Å². The van der Waals surface area contributed by atoms with E-state index in [4.69, 9.17) is 20.8 Å². The van der Waals surface area contributed by atoms with Crippen LogP contribution >= 0.6 is 11.6 Å². The minimum atomic E-state index is -0.599. The van der Waals surface area contributed by atoms with Crippen LogP contribution in [0.5, 0.6) is 5.75 Å². The molecule has 7 nitrogen and oxygen atoms in total. The first-order valence-electron chi connectivity index (χ1n) is 9.30. The number of nitrogens with zero attached hydrogens (tertiary/aromatic N) is 1. The minimum absolute atomic E-state index is 0.00494. The first kappa shape index (κ1) is 21.4. The number of hydrogen-bond acceptors (Lipinski definition) is 5. The lowest BCUT2D eigenvalue weighted by Crippen LogP contribution is -2.09. The van der Waals surface area contributed by atoms with E-state index in [9.17, 15) is 14.9 Å². The maximum absolute atomic E-state index is 12.5. The van der Waals surface area contributed by atoms with Crippen LogP contribution in [0.25, 0.3) is 16.5 Å². The normalized spacial score (nSPS) is 11.6. The van der Waals surface area contributed by atoms with Crippen molar-refractivity contribution >= 4 is 45.4 Å². The lowest BCUT2D eigenvalue weighted by atomic mass is 9.98. The Morgan fingerprint density at radius 1 is 1.33 bits per heavy atom. The Hall–Kier alpha value is -3.32. The number of amides is 1. The Kier molecular flexibility index (Phi) is 6.12. The zero-order chi connectivity index (χ0) is 22.0. The molecule has 0 saturated carbocycles. The maximum atomic E-state index is 12.5. The fourth-order valence-electron chi connectivity index (χ4n) is 3.24. The number of fused-ring (bicyclic) bond motifs is 1. The Morgan fingerprint density at radius 3 is 2.73 bits per heavy atom. The highest BCUT2D eigenvalue weighted by Crippen LogP contribution is 2.37. The number of aryl methyl sites for hydroxylation is 2. The average Bonchev–Trinajstić information content (AvgIpc) is 3.06. The summed E-state index contributed by atoms with van der Waals surface area (Å²) in [6, 6.07) is 6.05. The Morgan fingerprint density at radius 2 is 2.07 bits per heavy atom. The number of hydrogen-bond donors (Lipinski definition) is 1. The van der Waals surface area contributed by atoms with Crippen molar-refractivity contribution in [1.29, 1.82) is 0 Å². The second-order valence-corrected chi connectivity index (χ2v) is 7.25. The highest BCUT2D eigenvalue weighted by Gasteiger charge is 2.18. The summed E-state index contributed by atoms with van der Waals surface area (Å²) in [6.45, 7) is 8.03. The van der Waals surface area contributed by atoms with E-state index in [0.717, 1.165) is 27.7 Å². The van der Waals surface area contributed by atoms with Gasteiger partial charge < -0.3 is 14.5 Å². The average molecular weight is 429 g/mol. The lowest BCUT2D eigenvalue weighted by Gasteiger charge is -2.14. The number of nitro benzene ring substituents is 1. The van der Waals surface area contributed by atoms with Crippen molar-refractivity contribution in [3.8, 4) is 5.75 Å². The number of nitro groups is 1. The van der Waals surface area contributed by atoms with Crippen LogP contribution in [-0.2, 0) is 4.79 Å². The van der Waals surface area contributed by atoms with Gasteiger partial charge in [-0.25, -0.2) is 0 Å². The number of benzene rings is 2. The molecule has 0 radical (unpaired) electrons. The molecule has 0 aliphatic heterocycles. The van der Waals surface area contributed by atoms with E-state index in [2.05, 4.69) is 5.32 Å². The summed E-state index contributed by atoms with van der Waals surface area (Å²) in [6.07, 6.45) is 3.12. The predicted octanol–water partition coefficient (Wildman–Crippen LogP) is 6.05. The van der Waals surface area contributed by atoms with E-state index in [-0.39, 0.29) is 16.4 Å². The Labute approximate surface area is 178 Å². The number of nitrogens with one attached hydrogen (secondary N) is 1. The van der Waals surface area contributed by atoms with Gasteiger partial charge in [0.05, 0.1) is 17.8 Å². The van der Waals surface area contributed by atoms with Crippen LogP contribution in [0.4, 0.5) is 11.4 Å². The summed E-state index contributed by atoms with van der Waals surface area (Å²) in [7, 11) is 0. The van der Waals surface area contributed by atoms with Crippen LogP contribution in [0.2, 0.25) is 5.02 Å². The topological polar surface area (TPSA) is 94.6 Å². The number of ether oxygens (including phenoxy) is 1. The standard InChI is InChI=1S/C22H21ClN2O5/c1-5-29-21-14(4)22-17(13(3)11-30-22)10-16(21)12(2)8-20(26)24-15-6-7-18(23)19(9-15)25(27)28/h6-11H,5H2,1-4H3,(H,24,26)/b12-8+. The summed E-state index contributed by atoms with van der Waals surface area (Å²) < 4.78 is 11.5. The number of furan rings is 1. The van der Waals surface area contributed by atoms with E-state index >= 15 is 0 Å². The third-order valence-electron chi connectivity index (χ3n) is 4.71. The molecule has 156 valence electrons. The largest absolute Gasteiger partial charge is 0.493 e. The second-order valence-electron chi connectivity index (χ2n) is 6.85. The third kappa shape index (κ3) is 4.16. The number of allylic oxidation sites excluding steroid dienone is 1. The molecule has 3 rings (SSSR count). The van der Waals surface area contributed by atoms with Crippen LogP contribution in [0.15, 0.2) is 41.0 Å². The molecule has 1 aromatic heterocycles. The molecule has 30 heavy (non-hydrogen) atoms. The van der Waals surface area contributed by atoms with Crippen LogP contribution in [0.1, 0.15) is 30.5 Å². The molecule has 0 aliphatic rings. The van der Waals surface area contributed by atoms with Crippen molar-refractivity contribution in [2.75, 3.05) is 11.9 Å². The van der Waals surface area contributed by atoms with Gasteiger partial charge in [-0.1, -0.05) is 11.6 Å². The number of rotatable bonds is 6. The molecular weight excluding hydrogens is 408 g/mol. The van der Waals surface area contributed by atoms with Gasteiger partial charge in [-0.2, -0.15) is 0 Å². The van der Waals surface area contributed by atoms with Gasteiger partial charge in [-0.3, -0.25) is 14.9 Å². The van der Waals surface area contributed by atoms with Gasteiger partial charge in [0.15, 0.2) is 0 Å². The summed E-state index contributed by atoms with van der Waals surface area (Å²) in [5, 5.41) is 14.6. The molecule has 3 aromatic rings. The summed E-state index contributed by atoms with van der Waals surface area (Å²) in [4.78, 5) is 23.0. The highest BCUT2D eigenvalue weighted by molar-refractivity contribution is 6.32. The zero-order valence-corrected chi connectivity index (χ0v) is 17.8. The molecule has 2 aromatic carbocycles. The number of halogens is 1. The van der Waals surface area contributed by atoms with Crippen LogP contribution in [0, 0.1) is 24.0 Å². The lowest BCUT2D eigenvalue weighted by molar-refractivity contribution is -0.384. The number of carbonyl (C=O) groups excluding carboxylic acids is 1. The van der Waals surface area contributed by atoms with E-state index in [1.807, 2.05) is 33.8 Å². The van der Waals surface area contributed by atoms with E-state index in [1.165, 1.54) is 24.3 Å². The van der Waals surface area contributed by atoms with Gasteiger partial charge in [0.1, 0.15) is 16.4 Å². The molecule has 0 bridgehead atoms. The molecule has 8 heteroatoms. The van der Waals surface area contributed by atoms with E-state index in [0.29, 0.717) is 17.9 Å². The summed E-state index contributed by atoms with van der Waals surface area (Å²) in [5.74, 6) is 0.233. The van der Waals surface area contributed by atoms with Gasteiger partial charge in [0.25, 0.3) is 5.69 Å². The molecule has 0 fully saturated rings. The number of carbonyl (C=O) groups is 1. The minimum Gasteiger partial charge on any atom is -0.493 e. The Balaban J connectivity index is 1.96. The van der Waals surface area contributed by atoms with Crippen LogP contribution in [-0.4, -0.2) is 17.4 Å². The Bertz CT molecular complexity index is 1180. The van der Waals surface area contributed by atoms with Crippen molar-refractivity contribution < 1.29 is 18.9 Å². The van der Waals surface area contributed by atoms with Crippen molar-refractivity contribution in [2.45, 2.75) is 27.7 Å². The summed E-state index contributed by atoms with van der Waals surface area (Å²) >= 11 is 5.82. The van der Waals surface area contributed by atoms with Crippen molar-refractivity contribution in [2.24, 2.45) is 0 Å². The molecule has 1 amide bonds. The molecule has 1 N–H and O–H groups in total. The van der Waals surface area contributed by atoms with Crippen LogP contribution < -0.4 is 10.1 Å². The first-order valence-corrected chi connectivity index (χ1v) is 9.68. The molecule has 0 atom stereocenters.